The number of nitrogens with zero attached hydrogens (tertiary/aromatic N) is 2. The van der Waals surface area contributed by atoms with Crippen molar-refractivity contribution in [3.63, 3.8) is 0 Å². The van der Waals surface area contributed by atoms with Crippen LogP contribution in [0, 0.1) is 13.8 Å². The third-order valence-electron chi connectivity index (χ3n) is 5.16. The molecule has 1 aliphatic carbocycles. The van der Waals surface area contributed by atoms with Crippen LogP contribution >= 0.6 is 23.1 Å². The zero-order valence-electron chi connectivity index (χ0n) is 16.0. The first-order valence-corrected chi connectivity index (χ1v) is 11.0. The maximum absolute atomic E-state index is 12.8. The molecule has 1 N–H and O–H groups in total. The number of esters is 1. The lowest BCUT2D eigenvalue weighted by Gasteiger charge is -2.11. The van der Waals surface area contributed by atoms with Gasteiger partial charge in [0.25, 0.3) is 0 Å². The lowest BCUT2D eigenvalue weighted by molar-refractivity contribution is 0.0599. The molecule has 0 radical (unpaired) electrons. The van der Waals surface area contributed by atoms with Gasteiger partial charge in [-0.1, -0.05) is 11.8 Å². The normalized spacial score (nSPS) is 13.5. The van der Waals surface area contributed by atoms with Crippen molar-refractivity contribution >= 4 is 45.1 Å². The number of hydrogen-bond acceptors (Lipinski definition) is 7. The van der Waals surface area contributed by atoms with E-state index in [1.165, 1.54) is 42.2 Å². The number of rotatable bonds is 5. The van der Waals surface area contributed by atoms with Gasteiger partial charge in [-0.2, -0.15) is 0 Å². The summed E-state index contributed by atoms with van der Waals surface area (Å²) in [5.41, 5.74) is 3.54. The van der Waals surface area contributed by atoms with E-state index in [-0.39, 0.29) is 11.5 Å². The molecule has 0 unspecified atom stereocenters. The monoisotopic (exact) mass is 415 g/mol. The number of carbonyl (C=O) groups excluding carboxylic acids is 2. The minimum absolute atomic E-state index is 0.0587. The van der Waals surface area contributed by atoms with Crippen molar-refractivity contribution in [3.05, 3.63) is 39.3 Å². The number of thioether (sulfide) groups is 1. The van der Waals surface area contributed by atoms with E-state index in [0.717, 1.165) is 28.1 Å². The minimum atomic E-state index is -0.430. The Morgan fingerprint density at radius 3 is 2.82 bits per heavy atom. The van der Waals surface area contributed by atoms with Gasteiger partial charge in [0.1, 0.15) is 16.2 Å². The number of ether oxygens (including phenoxy) is 1. The second-order valence-corrected chi connectivity index (χ2v) is 8.95. The number of aromatic nitrogens is 3. The van der Waals surface area contributed by atoms with Crippen molar-refractivity contribution in [2.45, 2.75) is 44.6 Å². The maximum atomic E-state index is 12.8. The third kappa shape index (κ3) is 3.24. The Labute approximate surface area is 171 Å². The van der Waals surface area contributed by atoms with Crippen LogP contribution in [0.3, 0.4) is 0 Å². The molecule has 6 nitrogen and oxygen atoms in total. The first kappa shape index (κ1) is 19.1. The number of H-pyrrole nitrogens is 1. The van der Waals surface area contributed by atoms with E-state index in [9.17, 15) is 9.59 Å². The molecule has 0 atom stereocenters. The number of Topliss-reactive ketones (excluding diaryl/α,β-unsaturated/α-hetero) is 1. The molecule has 28 heavy (non-hydrogen) atoms. The van der Waals surface area contributed by atoms with Gasteiger partial charge in [-0.15, -0.1) is 11.3 Å². The summed E-state index contributed by atoms with van der Waals surface area (Å²) in [6.45, 7) is 3.54. The van der Waals surface area contributed by atoms with Crippen LogP contribution < -0.4 is 0 Å². The van der Waals surface area contributed by atoms with Crippen LogP contribution in [-0.4, -0.2) is 39.6 Å². The third-order valence-corrected chi connectivity index (χ3v) is 7.35. The molecule has 0 aliphatic heterocycles. The zero-order chi connectivity index (χ0) is 19.8. The average molecular weight is 416 g/mol. The number of fused-ring (bicyclic) bond motifs is 3. The van der Waals surface area contributed by atoms with E-state index in [1.54, 1.807) is 31.5 Å². The largest absolute Gasteiger partial charge is 0.465 e. The number of carbonyl (C=O) groups is 2. The Balaban J connectivity index is 1.60. The standard InChI is InChI=1S/C20H21N3O3S2/c1-10-15(20(25)26-3)11(2)23-17(10)13(24)8-27-18-16-12-6-4-5-7-14(12)28-19(16)22-9-21-18/h9,23H,4-8H2,1-3H3. The predicted molar refractivity (Wildman–Crippen MR) is 111 cm³/mol. The van der Waals surface area contributed by atoms with Crippen LogP contribution in [0.2, 0.25) is 0 Å². The molecular formula is C20H21N3O3S2. The predicted octanol–water partition coefficient (Wildman–Crippen LogP) is 4.28. The van der Waals surface area contributed by atoms with E-state index in [1.807, 2.05) is 0 Å². The molecule has 3 aromatic heterocycles. The van der Waals surface area contributed by atoms with Gasteiger partial charge in [0.15, 0.2) is 5.78 Å². The Kier molecular flexibility index (Phi) is 5.25. The SMILES string of the molecule is COC(=O)c1c(C)[nH]c(C(=O)CSc2ncnc3sc4c(c23)CCCC4)c1C. The van der Waals surface area contributed by atoms with E-state index >= 15 is 0 Å². The molecule has 0 fully saturated rings. The number of nitrogens with one attached hydrogen (secondary N) is 1. The maximum Gasteiger partial charge on any atom is 0.339 e. The van der Waals surface area contributed by atoms with Crippen LogP contribution in [0.1, 0.15) is 55.4 Å². The van der Waals surface area contributed by atoms with Crippen molar-refractivity contribution in [2.75, 3.05) is 12.9 Å². The second-order valence-electron chi connectivity index (χ2n) is 6.90. The van der Waals surface area contributed by atoms with Crippen molar-refractivity contribution in [1.29, 1.82) is 0 Å². The molecule has 0 saturated heterocycles. The molecule has 3 aromatic rings. The quantitative estimate of drug-likeness (QED) is 0.290. The Bertz CT molecular complexity index is 1080. The molecule has 3 heterocycles. The molecule has 4 rings (SSSR count). The number of aryl methyl sites for hydroxylation is 3. The first-order valence-electron chi connectivity index (χ1n) is 9.20. The van der Waals surface area contributed by atoms with Gasteiger partial charge in [-0.05, 0) is 50.7 Å². The Morgan fingerprint density at radius 1 is 1.25 bits per heavy atom. The number of ketones is 1. The van der Waals surface area contributed by atoms with E-state index in [0.29, 0.717) is 22.5 Å². The molecule has 8 heteroatoms. The molecule has 0 bridgehead atoms. The van der Waals surface area contributed by atoms with Crippen LogP contribution in [-0.2, 0) is 17.6 Å². The van der Waals surface area contributed by atoms with E-state index < -0.39 is 5.97 Å². The van der Waals surface area contributed by atoms with Crippen LogP contribution in [0.4, 0.5) is 0 Å². The molecule has 0 amide bonds. The van der Waals surface area contributed by atoms with Gasteiger partial charge in [0.05, 0.1) is 24.1 Å². The van der Waals surface area contributed by atoms with E-state index in [2.05, 4.69) is 15.0 Å². The molecule has 146 valence electrons. The van der Waals surface area contributed by atoms with Gasteiger partial charge in [-0.3, -0.25) is 4.79 Å². The zero-order valence-corrected chi connectivity index (χ0v) is 17.7. The fraction of sp³-hybridized carbons (Fsp3) is 0.400. The van der Waals surface area contributed by atoms with Crippen LogP contribution in [0.25, 0.3) is 10.2 Å². The van der Waals surface area contributed by atoms with Gasteiger partial charge in [0.2, 0.25) is 0 Å². The van der Waals surface area contributed by atoms with Crippen LogP contribution in [0.5, 0.6) is 0 Å². The lowest BCUT2D eigenvalue weighted by Crippen LogP contribution is -2.07. The summed E-state index contributed by atoms with van der Waals surface area (Å²) in [5, 5.41) is 1.99. The van der Waals surface area contributed by atoms with E-state index in [4.69, 9.17) is 4.74 Å². The highest BCUT2D eigenvalue weighted by Gasteiger charge is 2.24. The van der Waals surface area contributed by atoms with Crippen molar-refractivity contribution in [3.8, 4) is 0 Å². The molecule has 1 aliphatic rings. The molecule has 0 saturated carbocycles. The second kappa shape index (κ2) is 7.67. The minimum Gasteiger partial charge on any atom is -0.465 e. The summed E-state index contributed by atoms with van der Waals surface area (Å²) in [6, 6.07) is 0. The topological polar surface area (TPSA) is 84.9 Å². The average Bonchev–Trinajstić information content (AvgIpc) is 3.22. The highest BCUT2D eigenvalue weighted by Crippen LogP contribution is 2.39. The first-order chi connectivity index (χ1) is 13.5. The smallest absolute Gasteiger partial charge is 0.339 e. The Hall–Kier alpha value is -2.19. The van der Waals surface area contributed by atoms with Crippen molar-refractivity contribution in [1.82, 2.24) is 15.0 Å². The highest BCUT2D eigenvalue weighted by molar-refractivity contribution is 8.00. The summed E-state index contributed by atoms with van der Waals surface area (Å²) in [5.74, 6) is -0.241. The van der Waals surface area contributed by atoms with Crippen LogP contribution in [0.15, 0.2) is 11.4 Å². The van der Waals surface area contributed by atoms with Gasteiger partial charge in [0, 0.05) is 16.0 Å². The summed E-state index contributed by atoms with van der Waals surface area (Å²) >= 11 is 3.19. The Morgan fingerprint density at radius 2 is 2.04 bits per heavy atom. The molecule has 0 aromatic carbocycles. The summed E-state index contributed by atoms with van der Waals surface area (Å²) in [6.07, 6.45) is 6.16. The summed E-state index contributed by atoms with van der Waals surface area (Å²) < 4.78 is 4.82. The highest BCUT2D eigenvalue weighted by atomic mass is 32.2. The van der Waals surface area contributed by atoms with Gasteiger partial charge >= 0.3 is 5.97 Å². The fourth-order valence-corrected chi connectivity index (χ4v) is 6.01. The van der Waals surface area contributed by atoms with Gasteiger partial charge < -0.3 is 9.72 Å². The number of methoxy groups -OCH3 is 1. The number of hydrogen-bond donors (Lipinski definition) is 1. The molecular weight excluding hydrogens is 394 g/mol. The summed E-state index contributed by atoms with van der Waals surface area (Å²) in [4.78, 5) is 39.2. The van der Waals surface area contributed by atoms with Gasteiger partial charge in [-0.25, -0.2) is 14.8 Å². The number of aromatic amines is 1. The lowest BCUT2D eigenvalue weighted by atomic mass is 9.97. The fourth-order valence-electron chi connectivity index (χ4n) is 3.81. The van der Waals surface area contributed by atoms with Crippen molar-refractivity contribution in [2.24, 2.45) is 0 Å². The number of thiophene rings is 1. The van der Waals surface area contributed by atoms with Crippen molar-refractivity contribution < 1.29 is 14.3 Å². The summed E-state index contributed by atoms with van der Waals surface area (Å²) in [7, 11) is 1.34. The molecule has 0 spiro atoms.